The van der Waals surface area contributed by atoms with Gasteiger partial charge in [0.1, 0.15) is 0 Å². The molecule has 6 nitrogen and oxygen atoms in total. The SMILES string of the molecule is CC/C(=N\N1CCC[C@H]1COC)[C@@H](C)C[C@H](Cc1ccccc1)NS(=O)(=O)c1ccc(C)cc1. The number of benzene rings is 2. The number of hydrogen-bond donors (Lipinski definition) is 1. The molecule has 1 aliphatic heterocycles. The maximum Gasteiger partial charge on any atom is 0.240 e. The molecule has 0 amide bonds. The molecule has 0 saturated carbocycles. The molecule has 0 bridgehead atoms. The van der Waals surface area contributed by atoms with Gasteiger partial charge in [0.25, 0.3) is 0 Å². The molecule has 0 aliphatic carbocycles. The second-order valence-electron chi connectivity index (χ2n) is 9.32. The number of hydrazone groups is 1. The van der Waals surface area contributed by atoms with Gasteiger partial charge in [-0.05, 0) is 62.6 Å². The van der Waals surface area contributed by atoms with Gasteiger partial charge < -0.3 is 4.74 Å². The van der Waals surface area contributed by atoms with Crippen molar-refractivity contribution < 1.29 is 13.2 Å². The summed E-state index contributed by atoms with van der Waals surface area (Å²) in [6.45, 7) is 7.85. The van der Waals surface area contributed by atoms with E-state index in [2.05, 4.69) is 23.6 Å². The summed E-state index contributed by atoms with van der Waals surface area (Å²) in [5.74, 6) is 0.142. The van der Waals surface area contributed by atoms with E-state index in [1.807, 2.05) is 49.4 Å². The largest absolute Gasteiger partial charge is 0.382 e. The topological polar surface area (TPSA) is 71.0 Å². The first-order valence-corrected chi connectivity index (χ1v) is 13.8. The van der Waals surface area contributed by atoms with Gasteiger partial charge in [-0.3, -0.25) is 5.01 Å². The van der Waals surface area contributed by atoms with Crippen molar-refractivity contribution in [2.45, 2.75) is 69.9 Å². The molecule has 2 aromatic rings. The Morgan fingerprint density at radius 1 is 1.18 bits per heavy atom. The second-order valence-corrected chi connectivity index (χ2v) is 11.0. The lowest BCUT2D eigenvalue weighted by Crippen LogP contribution is -2.39. The summed E-state index contributed by atoms with van der Waals surface area (Å²) >= 11 is 0. The normalized spacial score (nSPS) is 18.8. The third-order valence-corrected chi connectivity index (χ3v) is 8.05. The molecule has 0 radical (unpaired) electrons. The highest BCUT2D eigenvalue weighted by molar-refractivity contribution is 7.89. The van der Waals surface area contributed by atoms with E-state index in [-0.39, 0.29) is 12.0 Å². The van der Waals surface area contributed by atoms with Gasteiger partial charge >= 0.3 is 0 Å². The highest BCUT2D eigenvalue weighted by atomic mass is 32.2. The first-order chi connectivity index (χ1) is 16.3. The Balaban J connectivity index is 1.79. The lowest BCUT2D eigenvalue weighted by atomic mass is 9.92. The van der Waals surface area contributed by atoms with Crippen LogP contribution in [0.25, 0.3) is 0 Å². The molecule has 3 rings (SSSR count). The average Bonchev–Trinajstić information content (AvgIpc) is 3.25. The van der Waals surface area contributed by atoms with Crippen LogP contribution in [-0.4, -0.2) is 51.5 Å². The fourth-order valence-corrected chi connectivity index (χ4v) is 5.88. The standard InChI is InChI=1S/C27H39N3O3S/c1-5-27(28-30-17-9-12-25(30)20-33-4)22(3)18-24(19-23-10-7-6-8-11-23)29-34(31,32)26-15-13-21(2)14-16-26/h6-8,10-11,13-16,22,24-25,29H,5,9,12,17-20H2,1-4H3/b28-27+/t22-,24+,25-/m0/s1. The van der Waals surface area contributed by atoms with E-state index in [1.54, 1.807) is 19.2 Å². The number of nitrogens with one attached hydrogen (secondary N) is 1. The van der Waals surface area contributed by atoms with Crippen LogP contribution >= 0.6 is 0 Å². The van der Waals surface area contributed by atoms with E-state index in [9.17, 15) is 8.42 Å². The Bertz CT molecular complexity index is 1020. The summed E-state index contributed by atoms with van der Waals surface area (Å²) in [4.78, 5) is 0.299. The van der Waals surface area contributed by atoms with E-state index in [1.165, 1.54) is 0 Å². The Hall–Kier alpha value is -2.22. The van der Waals surface area contributed by atoms with Crippen molar-refractivity contribution in [2.75, 3.05) is 20.3 Å². The summed E-state index contributed by atoms with van der Waals surface area (Å²) < 4.78 is 34.8. The fraction of sp³-hybridized carbons (Fsp3) is 0.519. The third kappa shape index (κ3) is 7.39. The van der Waals surface area contributed by atoms with Gasteiger partial charge in [-0.2, -0.15) is 5.10 Å². The van der Waals surface area contributed by atoms with Crippen molar-refractivity contribution in [1.82, 2.24) is 9.73 Å². The Kier molecular flexibility index (Phi) is 9.68. The molecule has 34 heavy (non-hydrogen) atoms. The predicted molar refractivity (Wildman–Crippen MR) is 139 cm³/mol. The first kappa shape index (κ1) is 26.4. The molecular weight excluding hydrogens is 446 g/mol. The number of hydrogen-bond acceptors (Lipinski definition) is 5. The number of nitrogens with zero attached hydrogens (tertiary/aromatic N) is 2. The molecule has 1 saturated heterocycles. The highest BCUT2D eigenvalue weighted by Gasteiger charge is 2.26. The van der Waals surface area contributed by atoms with Crippen molar-refractivity contribution in [3.63, 3.8) is 0 Å². The van der Waals surface area contributed by atoms with Gasteiger partial charge in [0.15, 0.2) is 0 Å². The van der Waals surface area contributed by atoms with E-state index in [4.69, 9.17) is 9.84 Å². The van der Waals surface area contributed by atoms with Crippen LogP contribution in [-0.2, 0) is 21.2 Å². The molecular formula is C27H39N3O3S. The minimum Gasteiger partial charge on any atom is -0.382 e. The molecule has 186 valence electrons. The zero-order valence-electron chi connectivity index (χ0n) is 20.9. The number of methoxy groups -OCH3 is 1. The molecule has 0 unspecified atom stereocenters. The summed E-state index contributed by atoms with van der Waals surface area (Å²) in [6, 6.07) is 17.1. The second kappa shape index (κ2) is 12.5. The van der Waals surface area contributed by atoms with Crippen molar-refractivity contribution in [2.24, 2.45) is 11.0 Å². The summed E-state index contributed by atoms with van der Waals surface area (Å²) in [5.41, 5.74) is 3.25. The zero-order valence-corrected chi connectivity index (χ0v) is 21.7. The Morgan fingerprint density at radius 2 is 1.88 bits per heavy atom. The van der Waals surface area contributed by atoms with Crippen LogP contribution in [0.15, 0.2) is 64.6 Å². The molecule has 1 fully saturated rings. The quantitative estimate of drug-likeness (QED) is 0.439. The van der Waals surface area contributed by atoms with Gasteiger partial charge in [0, 0.05) is 25.4 Å². The Morgan fingerprint density at radius 3 is 2.53 bits per heavy atom. The molecule has 1 aliphatic rings. The number of sulfonamides is 1. The van der Waals surface area contributed by atoms with Crippen molar-refractivity contribution in [3.8, 4) is 0 Å². The van der Waals surface area contributed by atoms with Crippen molar-refractivity contribution in [1.29, 1.82) is 0 Å². The molecule has 2 aromatic carbocycles. The fourth-order valence-electron chi connectivity index (χ4n) is 4.64. The predicted octanol–water partition coefficient (Wildman–Crippen LogP) is 4.79. The molecule has 1 N–H and O–H groups in total. The number of aryl methyl sites for hydroxylation is 1. The van der Waals surface area contributed by atoms with E-state index >= 15 is 0 Å². The van der Waals surface area contributed by atoms with E-state index in [0.717, 1.165) is 42.6 Å². The molecule has 7 heteroatoms. The summed E-state index contributed by atoms with van der Waals surface area (Å²) in [7, 11) is -1.90. The number of rotatable bonds is 12. The molecule has 1 heterocycles. The minimum absolute atomic E-state index is 0.142. The summed E-state index contributed by atoms with van der Waals surface area (Å²) in [5, 5.41) is 7.18. The minimum atomic E-state index is -3.63. The zero-order chi connectivity index (χ0) is 24.6. The molecule has 0 aromatic heterocycles. The maximum absolute atomic E-state index is 13.2. The lowest BCUT2D eigenvalue weighted by Gasteiger charge is -2.26. The average molecular weight is 486 g/mol. The first-order valence-electron chi connectivity index (χ1n) is 12.3. The van der Waals surface area contributed by atoms with Gasteiger partial charge in [-0.15, -0.1) is 0 Å². The van der Waals surface area contributed by atoms with Crippen LogP contribution in [0.2, 0.25) is 0 Å². The van der Waals surface area contributed by atoms with Crippen LogP contribution in [0.5, 0.6) is 0 Å². The molecule has 3 atom stereocenters. The van der Waals surface area contributed by atoms with Crippen molar-refractivity contribution in [3.05, 3.63) is 65.7 Å². The third-order valence-electron chi connectivity index (χ3n) is 6.51. The van der Waals surface area contributed by atoms with Crippen LogP contribution < -0.4 is 4.72 Å². The maximum atomic E-state index is 13.2. The van der Waals surface area contributed by atoms with Crippen LogP contribution in [0.1, 0.15) is 50.7 Å². The lowest BCUT2D eigenvalue weighted by molar-refractivity contribution is 0.117. The highest BCUT2D eigenvalue weighted by Crippen LogP contribution is 2.22. The summed E-state index contributed by atoms with van der Waals surface area (Å²) in [6.07, 6.45) is 4.35. The number of ether oxygens (including phenoxy) is 1. The van der Waals surface area contributed by atoms with Gasteiger partial charge in [0.05, 0.1) is 17.5 Å². The smallest absolute Gasteiger partial charge is 0.240 e. The van der Waals surface area contributed by atoms with E-state index in [0.29, 0.717) is 30.4 Å². The van der Waals surface area contributed by atoms with Crippen LogP contribution in [0, 0.1) is 12.8 Å². The van der Waals surface area contributed by atoms with E-state index < -0.39 is 10.0 Å². The van der Waals surface area contributed by atoms with Crippen molar-refractivity contribution >= 4 is 15.7 Å². The van der Waals surface area contributed by atoms with Crippen LogP contribution in [0.4, 0.5) is 0 Å². The van der Waals surface area contributed by atoms with Crippen LogP contribution in [0.3, 0.4) is 0 Å². The van der Waals surface area contributed by atoms with Gasteiger partial charge in [0.2, 0.25) is 10.0 Å². The van der Waals surface area contributed by atoms with Gasteiger partial charge in [-0.1, -0.05) is 61.9 Å². The monoisotopic (exact) mass is 485 g/mol. The Labute approximate surface area is 205 Å². The molecule has 0 spiro atoms. The van der Waals surface area contributed by atoms with Gasteiger partial charge in [-0.25, -0.2) is 13.1 Å².